The number of hydrogen-bond donors (Lipinski definition) is 1. The minimum absolute atomic E-state index is 0.104. The molecule has 0 bridgehead atoms. The van der Waals surface area contributed by atoms with Crippen molar-refractivity contribution < 1.29 is 4.79 Å². The van der Waals surface area contributed by atoms with Gasteiger partial charge in [0.2, 0.25) is 5.91 Å². The molecule has 1 fully saturated rings. The Balaban J connectivity index is 1.77. The van der Waals surface area contributed by atoms with Crippen LogP contribution in [-0.2, 0) is 11.3 Å². The highest BCUT2D eigenvalue weighted by Crippen LogP contribution is 2.22. The lowest BCUT2D eigenvalue weighted by Crippen LogP contribution is -2.44. The van der Waals surface area contributed by atoms with Gasteiger partial charge in [0.1, 0.15) is 0 Å². The van der Waals surface area contributed by atoms with Gasteiger partial charge in [0.15, 0.2) is 0 Å². The van der Waals surface area contributed by atoms with Crippen LogP contribution in [0.4, 0.5) is 0 Å². The van der Waals surface area contributed by atoms with Crippen LogP contribution in [0.25, 0.3) is 0 Å². The first-order valence-electron chi connectivity index (χ1n) is 8.28. The van der Waals surface area contributed by atoms with Gasteiger partial charge in [-0.15, -0.1) is 0 Å². The fourth-order valence-electron chi connectivity index (χ4n) is 3.00. The Morgan fingerprint density at radius 3 is 2.55 bits per heavy atom. The summed E-state index contributed by atoms with van der Waals surface area (Å²) in [5.74, 6) is 0.826. The lowest BCUT2D eigenvalue weighted by Gasteiger charge is -2.26. The standard InChI is InChI=1S/C18H27BrN2O/c1-14(18(22)20-12-15-6-4-3-5-7-15)21(2)13-16-8-10-17(19)11-9-16/h8-11,14-15H,3-7,12-13H2,1-2H3,(H,20,22)/t14-/m0/s1. The van der Waals surface area contributed by atoms with Crippen LogP contribution in [-0.4, -0.2) is 30.4 Å². The summed E-state index contributed by atoms with van der Waals surface area (Å²) in [6.07, 6.45) is 6.53. The van der Waals surface area contributed by atoms with Crippen molar-refractivity contribution in [3.05, 3.63) is 34.3 Å². The van der Waals surface area contributed by atoms with Gasteiger partial charge in [0, 0.05) is 17.6 Å². The smallest absolute Gasteiger partial charge is 0.237 e. The molecule has 2 rings (SSSR count). The second-order valence-corrected chi connectivity index (χ2v) is 7.38. The lowest BCUT2D eigenvalue weighted by atomic mass is 9.89. The van der Waals surface area contributed by atoms with Crippen molar-refractivity contribution >= 4 is 21.8 Å². The summed E-state index contributed by atoms with van der Waals surface area (Å²) in [6, 6.07) is 8.15. The molecular formula is C18H27BrN2O. The third-order valence-corrected chi connectivity index (χ3v) is 5.20. The number of amides is 1. The number of carbonyl (C=O) groups excluding carboxylic acids is 1. The fourth-order valence-corrected chi connectivity index (χ4v) is 3.26. The summed E-state index contributed by atoms with van der Waals surface area (Å²) in [4.78, 5) is 14.4. The van der Waals surface area contributed by atoms with E-state index in [0.717, 1.165) is 17.6 Å². The molecule has 0 aliphatic heterocycles. The molecule has 1 aliphatic rings. The quantitative estimate of drug-likeness (QED) is 0.825. The molecule has 1 amide bonds. The Bertz CT molecular complexity index is 468. The van der Waals surface area contributed by atoms with Gasteiger partial charge in [-0.2, -0.15) is 0 Å². The summed E-state index contributed by atoms with van der Waals surface area (Å²) in [5.41, 5.74) is 1.22. The molecule has 1 aliphatic carbocycles. The van der Waals surface area contributed by atoms with E-state index in [4.69, 9.17) is 0 Å². The van der Waals surface area contributed by atoms with E-state index in [0.29, 0.717) is 5.92 Å². The third-order valence-electron chi connectivity index (χ3n) is 4.68. The average molecular weight is 367 g/mol. The predicted molar refractivity (Wildman–Crippen MR) is 94.7 cm³/mol. The maximum Gasteiger partial charge on any atom is 0.237 e. The van der Waals surface area contributed by atoms with Gasteiger partial charge in [-0.05, 0) is 50.4 Å². The summed E-state index contributed by atoms with van der Waals surface area (Å²) < 4.78 is 1.08. The van der Waals surface area contributed by atoms with Gasteiger partial charge in [-0.25, -0.2) is 0 Å². The van der Waals surface area contributed by atoms with Crippen LogP contribution in [0.3, 0.4) is 0 Å². The highest BCUT2D eigenvalue weighted by atomic mass is 79.9. The molecule has 0 heterocycles. The molecule has 3 nitrogen and oxygen atoms in total. The molecule has 1 saturated carbocycles. The SMILES string of the molecule is C[C@@H](C(=O)NCC1CCCCC1)N(C)Cc1ccc(Br)cc1. The molecule has 0 spiro atoms. The van der Waals surface area contributed by atoms with Gasteiger partial charge >= 0.3 is 0 Å². The van der Waals surface area contributed by atoms with E-state index in [-0.39, 0.29) is 11.9 Å². The minimum Gasteiger partial charge on any atom is -0.354 e. The number of hydrogen-bond acceptors (Lipinski definition) is 2. The van der Waals surface area contributed by atoms with Gasteiger partial charge in [0.25, 0.3) is 0 Å². The van der Waals surface area contributed by atoms with E-state index in [1.165, 1.54) is 37.7 Å². The summed E-state index contributed by atoms with van der Waals surface area (Å²) in [5, 5.41) is 3.14. The van der Waals surface area contributed by atoms with Crippen molar-refractivity contribution in [1.82, 2.24) is 10.2 Å². The van der Waals surface area contributed by atoms with Crippen LogP contribution < -0.4 is 5.32 Å². The average Bonchev–Trinajstić information content (AvgIpc) is 2.55. The van der Waals surface area contributed by atoms with Crippen molar-refractivity contribution in [3.63, 3.8) is 0 Å². The zero-order valence-corrected chi connectivity index (χ0v) is 15.2. The highest BCUT2D eigenvalue weighted by Gasteiger charge is 2.20. The maximum atomic E-state index is 12.3. The highest BCUT2D eigenvalue weighted by molar-refractivity contribution is 9.10. The zero-order chi connectivity index (χ0) is 15.9. The van der Waals surface area contributed by atoms with Crippen LogP contribution in [0.15, 0.2) is 28.7 Å². The third kappa shape index (κ3) is 5.40. The van der Waals surface area contributed by atoms with Gasteiger partial charge < -0.3 is 5.32 Å². The van der Waals surface area contributed by atoms with Gasteiger partial charge in [0.05, 0.1) is 6.04 Å². The van der Waals surface area contributed by atoms with Crippen molar-refractivity contribution in [2.75, 3.05) is 13.6 Å². The lowest BCUT2D eigenvalue weighted by molar-refractivity contribution is -0.125. The molecule has 4 heteroatoms. The van der Waals surface area contributed by atoms with Gasteiger partial charge in [-0.3, -0.25) is 9.69 Å². The molecule has 1 N–H and O–H groups in total. The summed E-state index contributed by atoms with van der Waals surface area (Å²) in [6.45, 7) is 3.61. The molecular weight excluding hydrogens is 340 g/mol. The Kier molecular flexibility index (Phi) is 6.90. The Labute approximate surface area is 142 Å². The normalized spacial score (nSPS) is 17.5. The van der Waals surface area contributed by atoms with Crippen molar-refractivity contribution in [1.29, 1.82) is 0 Å². The summed E-state index contributed by atoms with van der Waals surface area (Å²) >= 11 is 3.44. The van der Waals surface area contributed by atoms with E-state index in [1.807, 2.05) is 26.1 Å². The molecule has 1 aromatic carbocycles. The fraction of sp³-hybridized carbons (Fsp3) is 0.611. The molecule has 0 radical (unpaired) electrons. The monoisotopic (exact) mass is 366 g/mol. The van der Waals surface area contributed by atoms with Gasteiger partial charge in [-0.1, -0.05) is 47.3 Å². The number of nitrogens with one attached hydrogen (secondary N) is 1. The molecule has 122 valence electrons. The molecule has 0 aromatic heterocycles. The second kappa shape index (κ2) is 8.68. The van der Waals surface area contributed by atoms with E-state index in [2.05, 4.69) is 38.3 Å². The molecule has 1 aromatic rings. The maximum absolute atomic E-state index is 12.3. The topological polar surface area (TPSA) is 32.3 Å². The van der Waals surface area contributed by atoms with Crippen molar-refractivity contribution in [2.24, 2.45) is 5.92 Å². The van der Waals surface area contributed by atoms with Crippen LogP contribution in [0.1, 0.15) is 44.6 Å². The number of carbonyl (C=O) groups is 1. The number of nitrogens with zero attached hydrogens (tertiary/aromatic N) is 1. The van der Waals surface area contributed by atoms with Crippen LogP contribution in [0, 0.1) is 5.92 Å². The predicted octanol–water partition coefficient (Wildman–Crippen LogP) is 3.97. The van der Waals surface area contributed by atoms with Crippen LogP contribution in [0.2, 0.25) is 0 Å². The minimum atomic E-state index is -0.104. The molecule has 0 unspecified atom stereocenters. The Hall–Kier alpha value is -0.870. The largest absolute Gasteiger partial charge is 0.354 e. The molecule has 1 atom stereocenters. The number of rotatable bonds is 6. The Morgan fingerprint density at radius 2 is 1.91 bits per heavy atom. The second-order valence-electron chi connectivity index (χ2n) is 6.47. The van der Waals surface area contributed by atoms with Crippen molar-refractivity contribution in [2.45, 2.75) is 51.6 Å². The van der Waals surface area contributed by atoms with Crippen molar-refractivity contribution in [3.8, 4) is 0 Å². The van der Waals surface area contributed by atoms with E-state index >= 15 is 0 Å². The Morgan fingerprint density at radius 1 is 1.27 bits per heavy atom. The van der Waals surface area contributed by atoms with E-state index in [9.17, 15) is 4.79 Å². The first-order valence-corrected chi connectivity index (χ1v) is 9.08. The zero-order valence-electron chi connectivity index (χ0n) is 13.6. The van der Waals surface area contributed by atoms with Crippen LogP contribution in [0.5, 0.6) is 0 Å². The van der Waals surface area contributed by atoms with E-state index in [1.54, 1.807) is 0 Å². The summed E-state index contributed by atoms with van der Waals surface area (Å²) in [7, 11) is 2.01. The van der Waals surface area contributed by atoms with E-state index < -0.39 is 0 Å². The van der Waals surface area contributed by atoms with Crippen LogP contribution >= 0.6 is 15.9 Å². The number of benzene rings is 1. The number of likely N-dealkylation sites (N-methyl/N-ethyl adjacent to an activating group) is 1. The molecule has 0 saturated heterocycles. The first kappa shape index (κ1) is 17.5. The molecule has 22 heavy (non-hydrogen) atoms. The number of halogens is 1. The first-order chi connectivity index (χ1) is 10.6.